The molecule has 1 aromatic heterocycles. The summed E-state index contributed by atoms with van der Waals surface area (Å²) < 4.78 is 17.7. The average molecular weight is 504 g/mol. The normalized spacial score (nSPS) is 10.9. The number of rotatable bonds is 10. The molecule has 0 atom stereocenters. The number of hydrogen-bond donors (Lipinski definition) is 1. The Morgan fingerprint density at radius 3 is 2.39 bits per heavy atom. The van der Waals surface area contributed by atoms with Gasteiger partial charge in [0.2, 0.25) is 0 Å². The monoisotopic (exact) mass is 503 g/mol. The van der Waals surface area contributed by atoms with Gasteiger partial charge in [0.05, 0.1) is 33.3 Å². The molecule has 0 unspecified atom stereocenters. The van der Waals surface area contributed by atoms with Crippen molar-refractivity contribution in [1.82, 2.24) is 20.2 Å². The number of methoxy groups -OCH3 is 3. The van der Waals surface area contributed by atoms with E-state index in [1.807, 2.05) is 65.2 Å². The molecule has 36 heavy (non-hydrogen) atoms. The molecule has 1 heterocycles. The van der Waals surface area contributed by atoms with Crippen LogP contribution >= 0.6 is 11.8 Å². The summed E-state index contributed by atoms with van der Waals surface area (Å²) in [5.74, 6) is 2.44. The molecule has 0 aliphatic heterocycles. The third kappa shape index (κ3) is 5.84. The van der Waals surface area contributed by atoms with Gasteiger partial charge in [-0.1, -0.05) is 42.1 Å². The number of carbonyl (C=O) groups excluding carboxylic acids is 1. The van der Waals surface area contributed by atoms with Crippen molar-refractivity contribution in [2.45, 2.75) is 5.16 Å². The number of hydrogen-bond acceptors (Lipinski definition) is 8. The maximum Gasteiger partial charge on any atom is 0.250 e. The lowest BCUT2D eigenvalue weighted by Gasteiger charge is -2.11. The van der Waals surface area contributed by atoms with Crippen molar-refractivity contribution in [2.75, 3.05) is 27.1 Å². The van der Waals surface area contributed by atoms with E-state index in [1.54, 1.807) is 33.5 Å². The third-order valence-corrected chi connectivity index (χ3v) is 6.07. The molecule has 0 aliphatic rings. The molecule has 0 aliphatic carbocycles. The average Bonchev–Trinajstić information content (AvgIpc) is 3.36. The maximum atomic E-state index is 12.5. The van der Waals surface area contributed by atoms with E-state index in [4.69, 9.17) is 14.2 Å². The number of aromatic nitrogens is 3. The predicted molar refractivity (Wildman–Crippen MR) is 139 cm³/mol. The first-order chi connectivity index (χ1) is 17.6. The molecule has 9 nitrogen and oxygen atoms in total. The molecule has 0 radical (unpaired) electrons. The highest BCUT2D eigenvalue weighted by Gasteiger charge is 2.17. The van der Waals surface area contributed by atoms with Gasteiger partial charge < -0.3 is 14.2 Å². The zero-order chi connectivity index (χ0) is 25.3. The minimum absolute atomic E-state index is 0.104. The van der Waals surface area contributed by atoms with Gasteiger partial charge >= 0.3 is 0 Å². The van der Waals surface area contributed by atoms with Crippen LogP contribution in [0.3, 0.4) is 0 Å². The summed E-state index contributed by atoms with van der Waals surface area (Å²) in [6.07, 6.45) is 1.54. The van der Waals surface area contributed by atoms with Gasteiger partial charge in [-0.25, -0.2) is 5.43 Å². The first-order valence-corrected chi connectivity index (χ1v) is 11.9. The summed E-state index contributed by atoms with van der Waals surface area (Å²) in [7, 11) is 4.75. The fourth-order valence-corrected chi connectivity index (χ4v) is 4.12. The van der Waals surface area contributed by atoms with Gasteiger partial charge in [-0.05, 0) is 48.0 Å². The van der Waals surface area contributed by atoms with Gasteiger partial charge in [0.1, 0.15) is 5.75 Å². The smallest absolute Gasteiger partial charge is 0.250 e. The number of benzene rings is 3. The van der Waals surface area contributed by atoms with Crippen molar-refractivity contribution in [3.8, 4) is 34.3 Å². The summed E-state index contributed by atoms with van der Waals surface area (Å²) in [6, 6.07) is 22.7. The number of hydrazone groups is 1. The van der Waals surface area contributed by atoms with Gasteiger partial charge in [0, 0.05) is 11.3 Å². The van der Waals surface area contributed by atoms with Crippen molar-refractivity contribution in [1.29, 1.82) is 0 Å². The highest BCUT2D eigenvalue weighted by molar-refractivity contribution is 7.99. The fraction of sp³-hybridized carbons (Fsp3) is 0.154. The molecule has 4 rings (SSSR count). The molecule has 10 heteroatoms. The number of amides is 1. The summed E-state index contributed by atoms with van der Waals surface area (Å²) in [6.45, 7) is 0. The van der Waals surface area contributed by atoms with Gasteiger partial charge in [0.25, 0.3) is 5.91 Å². The predicted octanol–water partition coefficient (Wildman–Crippen LogP) is 4.20. The molecule has 0 spiro atoms. The Hall–Kier alpha value is -4.31. The van der Waals surface area contributed by atoms with Crippen LogP contribution in [0.15, 0.2) is 83.1 Å². The minimum atomic E-state index is -0.276. The number of carbonyl (C=O) groups is 1. The van der Waals surface area contributed by atoms with E-state index in [1.165, 1.54) is 18.0 Å². The Balaban J connectivity index is 1.47. The third-order valence-electron chi connectivity index (χ3n) is 5.14. The lowest BCUT2D eigenvalue weighted by atomic mass is 10.2. The lowest BCUT2D eigenvalue weighted by molar-refractivity contribution is -0.118. The van der Waals surface area contributed by atoms with E-state index in [0.717, 1.165) is 22.6 Å². The van der Waals surface area contributed by atoms with E-state index in [9.17, 15) is 4.79 Å². The topological polar surface area (TPSA) is 99.9 Å². The zero-order valence-electron chi connectivity index (χ0n) is 20.0. The second-order valence-electron chi connectivity index (χ2n) is 7.40. The number of ether oxygens (including phenoxy) is 3. The van der Waals surface area contributed by atoms with Crippen molar-refractivity contribution in [3.63, 3.8) is 0 Å². The SMILES string of the molecule is COc1ccc(-n2c(SCC(=O)NN=Cc3ccc(OC)c(OC)c3)nnc2-c2ccccc2)cc1. The van der Waals surface area contributed by atoms with E-state index >= 15 is 0 Å². The van der Waals surface area contributed by atoms with E-state index < -0.39 is 0 Å². The summed E-state index contributed by atoms with van der Waals surface area (Å²) in [5.41, 5.74) is 5.07. The van der Waals surface area contributed by atoms with Crippen molar-refractivity contribution in [3.05, 3.63) is 78.4 Å². The first-order valence-electron chi connectivity index (χ1n) is 10.9. The van der Waals surface area contributed by atoms with Gasteiger partial charge in [-0.2, -0.15) is 5.10 Å². The highest BCUT2D eigenvalue weighted by atomic mass is 32.2. The molecule has 0 saturated heterocycles. The second kappa shape index (κ2) is 11.9. The Morgan fingerprint density at radius 1 is 0.944 bits per heavy atom. The molecule has 3 aromatic carbocycles. The number of nitrogens with zero attached hydrogens (tertiary/aromatic N) is 4. The maximum absolute atomic E-state index is 12.5. The molecular formula is C26H25N5O4S. The highest BCUT2D eigenvalue weighted by Crippen LogP contribution is 2.29. The van der Waals surface area contributed by atoms with Crippen LogP contribution in [0.25, 0.3) is 17.1 Å². The summed E-state index contributed by atoms with van der Waals surface area (Å²) in [5, 5.41) is 13.4. The Morgan fingerprint density at radius 2 is 1.69 bits per heavy atom. The van der Waals surface area contributed by atoms with Crippen LogP contribution in [-0.2, 0) is 4.79 Å². The Kier molecular flexibility index (Phi) is 8.20. The molecule has 1 N–H and O–H groups in total. The van der Waals surface area contributed by atoms with Gasteiger partial charge in [-0.3, -0.25) is 9.36 Å². The molecule has 184 valence electrons. The zero-order valence-corrected chi connectivity index (χ0v) is 20.9. The van der Waals surface area contributed by atoms with E-state index in [-0.39, 0.29) is 11.7 Å². The molecular weight excluding hydrogens is 478 g/mol. The Bertz CT molecular complexity index is 1340. The molecule has 1 amide bonds. The van der Waals surface area contributed by atoms with Crippen molar-refractivity contribution in [2.24, 2.45) is 5.10 Å². The van der Waals surface area contributed by atoms with Crippen LogP contribution in [0.1, 0.15) is 5.56 Å². The fourth-order valence-electron chi connectivity index (χ4n) is 3.38. The van der Waals surface area contributed by atoms with Crippen LogP contribution in [0.4, 0.5) is 0 Å². The second-order valence-corrected chi connectivity index (χ2v) is 8.34. The van der Waals surface area contributed by atoms with Gasteiger partial charge in [-0.15, -0.1) is 10.2 Å². The van der Waals surface area contributed by atoms with Crippen molar-refractivity contribution < 1.29 is 19.0 Å². The summed E-state index contributed by atoms with van der Waals surface area (Å²) in [4.78, 5) is 12.5. The lowest BCUT2D eigenvalue weighted by Crippen LogP contribution is -2.20. The number of thioether (sulfide) groups is 1. The van der Waals surface area contributed by atoms with Crippen LogP contribution in [-0.4, -0.2) is 54.0 Å². The standard InChI is InChI=1S/C26H25N5O4S/c1-33-21-12-10-20(11-13-21)31-25(19-7-5-4-6-8-19)29-30-26(31)36-17-24(32)28-27-16-18-9-14-22(34-2)23(15-18)35-3/h4-16H,17H2,1-3H3,(H,28,32). The van der Waals surface area contributed by atoms with Crippen LogP contribution in [0.5, 0.6) is 17.2 Å². The molecule has 0 saturated carbocycles. The van der Waals surface area contributed by atoms with Gasteiger partial charge in [0.15, 0.2) is 22.5 Å². The van der Waals surface area contributed by atoms with Crippen molar-refractivity contribution >= 4 is 23.9 Å². The summed E-state index contributed by atoms with van der Waals surface area (Å²) >= 11 is 1.27. The number of nitrogens with one attached hydrogen (secondary N) is 1. The first kappa shape index (κ1) is 24.8. The molecule has 0 bridgehead atoms. The largest absolute Gasteiger partial charge is 0.497 e. The Labute approximate surface area is 213 Å². The van der Waals surface area contributed by atoms with Crippen LogP contribution in [0.2, 0.25) is 0 Å². The molecule has 0 fully saturated rings. The van der Waals surface area contributed by atoms with Crippen LogP contribution < -0.4 is 19.6 Å². The quantitative estimate of drug-likeness (QED) is 0.197. The minimum Gasteiger partial charge on any atom is -0.497 e. The van der Waals surface area contributed by atoms with E-state index in [2.05, 4.69) is 20.7 Å². The molecule has 4 aromatic rings. The van der Waals surface area contributed by atoms with Crippen LogP contribution in [0, 0.1) is 0 Å². The van der Waals surface area contributed by atoms with E-state index in [0.29, 0.717) is 22.5 Å².